The molecular weight excluding hydrogens is 222 g/mol. The summed E-state index contributed by atoms with van der Waals surface area (Å²) in [5.74, 6) is -0.299. The minimum atomic E-state index is -0.558. The summed E-state index contributed by atoms with van der Waals surface area (Å²) in [7, 11) is 0. The molecule has 0 aliphatic carbocycles. The first kappa shape index (κ1) is 13.4. The van der Waals surface area contributed by atoms with E-state index in [0.29, 0.717) is 12.0 Å². The minimum absolute atomic E-state index is 0.396. The topological polar surface area (TPSA) is 28.7 Å². The molecule has 1 aromatic heterocycles. The smallest absolute Gasteiger partial charge is 0.129 e. The molecule has 92 valence electrons. The molecule has 0 fully saturated rings. The van der Waals surface area contributed by atoms with Gasteiger partial charge in [-0.1, -0.05) is 19.9 Å². The summed E-state index contributed by atoms with van der Waals surface area (Å²) in [5.41, 5.74) is 1.28. The summed E-state index contributed by atoms with van der Waals surface area (Å²) < 4.78 is 25.9. The summed E-state index contributed by atoms with van der Waals surface area (Å²) >= 11 is 0. The number of aromatic amines is 1. The second kappa shape index (κ2) is 6.13. The number of hydrogen-bond acceptors (Lipinski definition) is 1. The molecule has 0 amide bonds. The van der Waals surface area contributed by atoms with Crippen LogP contribution in [0.3, 0.4) is 0 Å². The maximum Gasteiger partial charge on any atom is 0.129 e. The third-order valence-electron chi connectivity index (χ3n) is 2.15. The lowest BCUT2D eigenvalue weighted by Gasteiger charge is -2.00. The molecule has 1 N–H and O–H groups in total. The maximum absolute atomic E-state index is 13.3. The van der Waals surface area contributed by atoms with Crippen LogP contribution in [0.15, 0.2) is 24.4 Å². The molecule has 17 heavy (non-hydrogen) atoms. The molecule has 0 spiro atoms. The van der Waals surface area contributed by atoms with Gasteiger partial charge in [0.2, 0.25) is 0 Å². The van der Waals surface area contributed by atoms with Gasteiger partial charge in [-0.15, -0.1) is 0 Å². The quantitative estimate of drug-likeness (QED) is 0.850. The van der Waals surface area contributed by atoms with Crippen molar-refractivity contribution in [1.82, 2.24) is 9.97 Å². The van der Waals surface area contributed by atoms with Crippen LogP contribution in [0, 0.1) is 18.6 Å². The van der Waals surface area contributed by atoms with Crippen LogP contribution in [-0.4, -0.2) is 9.97 Å². The monoisotopic (exact) mass is 238 g/mol. The number of nitrogens with one attached hydrogen (secondary N) is 1. The van der Waals surface area contributed by atoms with Crippen LogP contribution in [0.2, 0.25) is 0 Å². The summed E-state index contributed by atoms with van der Waals surface area (Å²) in [4.78, 5) is 7.00. The highest BCUT2D eigenvalue weighted by Gasteiger charge is 2.05. The van der Waals surface area contributed by atoms with Gasteiger partial charge in [0, 0.05) is 24.4 Å². The van der Waals surface area contributed by atoms with Crippen LogP contribution < -0.4 is 0 Å². The first-order chi connectivity index (χ1) is 8.15. The third-order valence-corrected chi connectivity index (χ3v) is 2.15. The van der Waals surface area contributed by atoms with Gasteiger partial charge in [-0.25, -0.2) is 13.8 Å². The van der Waals surface area contributed by atoms with Crippen molar-refractivity contribution in [1.29, 1.82) is 0 Å². The molecule has 2 aromatic rings. The van der Waals surface area contributed by atoms with E-state index in [4.69, 9.17) is 0 Å². The zero-order valence-corrected chi connectivity index (χ0v) is 10.2. The van der Waals surface area contributed by atoms with E-state index < -0.39 is 11.6 Å². The van der Waals surface area contributed by atoms with Crippen LogP contribution >= 0.6 is 0 Å². The number of aromatic nitrogens is 2. The second-order valence-corrected chi connectivity index (χ2v) is 3.41. The fourth-order valence-electron chi connectivity index (χ4n) is 1.43. The van der Waals surface area contributed by atoms with E-state index in [-0.39, 0.29) is 0 Å². The molecule has 0 aliphatic heterocycles. The number of rotatable bonds is 2. The number of nitrogens with zero attached hydrogens (tertiary/aromatic N) is 1. The number of halogens is 2. The fourth-order valence-corrected chi connectivity index (χ4v) is 1.43. The van der Waals surface area contributed by atoms with Crippen molar-refractivity contribution < 1.29 is 8.78 Å². The summed E-state index contributed by atoms with van der Waals surface area (Å²) in [6.45, 7) is 5.82. The van der Waals surface area contributed by atoms with Crippen LogP contribution in [0.25, 0.3) is 0 Å². The molecule has 0 saturated carbocycles. The van der Waals surface area contributed by atoms with E-state index in [1.165, 1.54) is 12.1 Å². The molecule has 0 unspecified atom stereocenters. The Labute approximate surface area is 99.7 Å². The largest absolute Gasteiger partial charge is 0.346 e. The van der Waals surface area contributed by atoms with Crippen LogP contribution in [0.1, 0.15) is 30.9 Å². The van der Waals surface area contributed by atoms with Gasteiger partial charge in [0.1, 0.15) is 17.5 Å². The zero-order chi connectivity index (χ0) is 12.8. The average molecular weight is 238 g/mol. The van der Waals surface area contributed by atoms with Gasteiger partial charge in [-0.3, -0.25) is 0 Å². The molecule has 0 radical (unpaired) electrons. The van der Waals surface area contributed by atoms with Crippen LogP contribution in [0.4, 0.5) is 8.78 Å². The third kappa shape index (κ3) is 3.66. The second-order valence-electron chi connectivity index (χ2n) is 3.41. The maximum atomic E-state index is 13.3. The Hall–Kier alpha value is -1.71. The van der Waals surface area contributed by atoms with E-state index in [1.807, 2.05) is 20.8 Å². The molecular formula is C13H16F2N2. The first-order valence-electron chi connectivity index (χ1n) is 5.59. The van der Waals surface area contributed by atoms with Crippen LogP contribution in [-0.2, 0) is 6.42 Å². The Morgan fingerprint density at radius 1 is 1.24 bits per heavy atom. The molecule has 1 heterocycles. The van der Waals surface area contributed by atoms with E-state index in [1.54, 1.807) is 6.20 Å². The molecule has 0 atom stereocenters. The Kier molecular flexibility index (Phi) is 4.82. The van der Waals surface area contributed by atoms with Gasteiger partial charge >= 0.3 is 0 Å². The van der Waals surface area contributed by atoms with E-state index in [9.17, 15) is 8.78 Å². The van der Waals surface area contributed by atoms with Crippen molar-refractivity contribution in [2.45, 2.75) is 27.2 Å². The number of H-pyrrole nitrogens is 1. The molecule has 2 nitrogen and oxygen atoms in total. The highest BCUT2D eigenvalue weighted by molar-refractivity contribution is 5.23. The highest BCUT2D eigenvalue weighted by Crippen LogP contribution is 2.13. The predicted molar refractivity (Wildman–Crippen MR) is 63.8 cm³/mol. The van der Waals surface area contributed by atoms with E-state index >= 15 is 0 Å². The Bertz CT molecular complexity index is 478. The highest BCUT2D eigenvalue weighted by atomic mass is 19.1. The normalized spacial score (nSPS) is 9.71. The van der Waals surface area contributed by atoms with Gasteiger partial charge in [-0.2, -0.15) is 0 Å². The van der Waals surface area contributed by atoms with Crippen molar-refractivity contribution in [2.24, 2.45) is 0 Å². The molecule has 1 aromatic carbocycles. The van der Waals surface area contributed by atoms with Crippen LogP contribution in [0.5, 0.6) is 0 Å². The summed E-state index contributed by atoms with van der Waals surface area (Å²) in [6.07, 6.45) is 2.05. The minimum Gasteiger partial charge on any atom is -0.346 e. The summed E-state index contributed by atoms with van der Waals surface area (Å²) in [5, 5.41) is 0. The molecule has 2 rings (SSSR count). The number of hydrogen-bond donors (Lipinski definition) is 1. The Balaban J connectivity index is 0.000000686. The van der Waals surface area contributed by atoms with Crippen molar-refractivity contribution >= 4 is 0 Å². The lowest BCUT2D eigenvalue weighted by Crippen LogP contribution is -1.93. The predicted octanol–water partition coefficient (Wildman–Crippen LogP) is 3.61. The molecule has 0 bridgehead atoms. The van der Waals surface area contributed by atoms with Gasteiger partial charge < -0.3 is 4.98 Å². The molecule has 0 aliphatic rings. The average Bonchev–Trinajstić information content (AvgIpc) is 2.71. The van der Waals surface area contributed by atoms with Crippen molar-refractivity contribution in [3.63, 3.8) is 0 Å². The summed E-state index contributed by atoms with van der Waals surface area (Å²) in [6, 6.07) is 3.58. The van der Waals surface area contributed by atoms with Gasteiger partial charge in [0.05, 0.1) is 0 Å². The zero-order valence-electron chi connectivity index (χ0n) is 10.2. The van der Waals surface area contributed by atoms with Gasteiger partial charge in [0.25, 0.3) is 0 Å². The van der Waals surface area contributed by atoms with E-state index in [2.05, 4.69) is 9.97 Å². The van der Waals surface area contributed by atoms with Crippen molar-refractivity contribution in [3.05, 3.63) is 53.1 Å². The molecule has 0 saturated heterocycles. The Morgan fingerprint density at radius 3 is 2.47 bits per heavy atom. The number of imidazole rings is 1. The van der Waals surface area contributed by atoms with Crippen molar-refractivity contribution in [3.8, 4) is 0 Å². The SMILES string of the molecule is CC.Cc1ncc(Cc2ccc(F)cc2F)[nH]1. The number of benzene rings is 1. The van der Waals surface area contributed by atoms with E-state index in [0.717, 1.165) is 17.6 Å². The lowest BCUT2D eigenvalue weighted by atomic mass is 10.1. The number of aryl methyl sites for hydroxylation is 1. The van der Waals surface area contributed by atoms with Gasteiger partial charge in [0.15, 0.2) is 0 Å². The first-order valence-corrected chi connectivity index (χ1v) is 5.59. The lowest BCUT2D eigenvalue weighted by molar-refractivity contribution is 0.574. The van der Waals surface area contributed by atoms with Crippen molar-refractivity contribution in [2.75, 3.05) is 0 Å². The Morgan fingerprint density at radius 2 is 1.94 bits per heavy atom. The standard InChI is InChI=1S/C11H10F2N2.C2H6/c1-7-14-6-10(15-7)4-8-2-3-9(12)5-11(8)13;1-2/h2-3,5-6H,4H2,1H3,(H,14,15);1-2H3. The van der Waals surface area contributed by atoms with Gasteiger partial charge in [-0.05, 0) is 18.6 Å². The molecule has 4 heteroatoms. The fraction of sp³-hybridized carbons (Fsp3) is 0.308.